The maximum Gasteiger partial charge on any atom is 0.315 e. The summed E-state index contributed by atoms with van der Waals surface area (Å²) in [5.41, 5.74) is 0. The first-order chi connectivity index (χ1) is 6.52. The van der Waals surface area contributed by atoms with Crippen LogP contribution in [0.5, 0.6) is 0 Å². The fourth-order valence-electron chi connectivity index (χ4n) is 1.65. The minimum atomic E-state index is -2.95. The topological polar surface area (TPSA) is 37.4 Å². The molecule has 0 aromatic rings. The number of rotatable bonds is 2. The van der Waals surface area contributed by atoms with E-state index in [0.29, 0.717) is 25.7 Å². The molecule has 1 amide bonds. The highest BCUT2D eigenvalue weighted by Crippen LogP contribution is 2.20. The zero-order chi connectivity index (χ0) is 10.7. The monoisotopic (exact) mass is 205 g/mol. The van der Waals surface area contributed by atoms with Gasteiger partial charge in [0.25, 0.3) is 5.91 Å². The van der Waals surface area contributed by atoms with Gasteiger partial charge >= 0.3 is 6.43 Å². The molecule has 80 valence electrons. The van der Waals surface area contributed by atoms with Crippen molar-refractivity contribution >= 4 is 11.7 Å². The number of hydrogen-bond donors (Lipinski definition) is 0. The van der Waals surface area contributed by atoms with Crippen molar-refractivity contribution in [3.63, 3.8) is 0 Å². The molecule has 1 saturated carbocycles. The van der Waals surface area contributed by atoms with Crippen molar-refractivity contribution in [1.82, 2.24) is 4.90 Å². The van der Waals surface area contributed by atoms with Gasteiger partial charge in [0.15, 0.2) is 0 Å². The molecule has 3 nitrogen and oxygen atoms in total. The maximum atomic E-state index is 12.1. The lowest BCUT2D eigenvalue weighted by Crippen LogP contribution is -2.42. The average molecular weight is 205 g/mol. The second-order valence-corrected chi connectivity index (χ2v) is 3.52. The van der Waals surface area contributed by atoms with Gasteiger partial charge in [-0.25, -0.2) is 0 Å². The number of carbonyl (C=O) groups is 2. The van der Waals surface area contributed by atoms with Crippen molar-refractivity contribution in [2.24, 2.45) is 0 Å². The van der Waals surface area contributed by atoms with E-state index in [2.05, 4.69) is 0 Å². The van der Waals surface area contributed by atoms with Crippen LogP contribution in [0.3, 0.4) is 0 Å². The Labute approximate surface area is 81.1 Å². The van der Waals surface area contributed by atoms with Gasteiger partial charge in [-0.05, 0) is 12.8 Å². The van der Waals surface area contributed by atoms with Crippen LogP contribution in [0.4, 0.5) is 8.78 Å². The molecule has 0 atom stereocenters. The maximum absolute atomic E-state index is 12.1. The lowest BCUT2D eigenvalue weighted by Gasteiger charge is -2.30. The van der Waals surface area contributed by atoms with Gasteiger partial charge in [-0.1, -0.05) is 0 Å². The van der Waals surface area contributed by atoms with Crippen LogP contribution in [0.25, 0.3) is 0 Å². The van der Waals surface area contributed by atoms with E-state index >= 15 is 0 Å². The third kappa shape index (κ3) is 2.49. The summed E-state index contributed by atoms with van der Waals surface area (Å²) in [6, 6.07) is -0.200. The Bertz CT molecular complexity index is 233. The van der Waals surface area contributed by atoms with Gasteiger partial charge in [0.05, 0.1) is 0 Å². The molecule has 0 N–H and O–H groups in total. The summed E-state index contributed by atoms with van der Waals surface area (Å²) in [5.74, 6) is -0.997. The third-order valence-corrected chi connectivity index (χ3v) is 2.59. The summed E-state index contributed by atoms with van der Waals surface area (Å²) in [6.45, 7) is 0. The van der Waals surface area contributed by atoms with Crippen LogP contribution in [-0.4, -0.2) is 36.1 Å². The van der Waals surface area contributed by atoms with Gasteiger partial charge in [-0.15, -0.1) is 0 Å². The van der Waals surface area contributed by atoms with Crippen LogP contribution >= 0.6 is 0 Å². The van der Waals surface area contributed by atoms with Gasteiger partial charge in [-0.3, -0.25) is 9.59 Å². The summed E-state index contributed by atoms with van der Waals surface area (Å²) >= 11 is 0. The highest BCUT2D eigenvalue weighted by molar-refractivity contribution is 5.81. The Balaban J connectivity index is 2.49. The molecule has 0 radical (unpaired) electrons. The molecule has 0 spiro atoms. The molecule has 0 aromatic carbocycles. The molecular weight excluding hydrogens is 192 g/mol. The predicted octanol–water partition coefficient (Wildman–Crippen LogP) is 1.22. The van der Waals surface area contributed by atoms with Gasteiger partial charge in [-0.2, -0.15) is 8.78 Å². The van der Waals surface area contributed by atoms with E-state index in [1.54, 1.807) is 0 Å². The number of nitrogens with zero attached hydrogens (tertiary/aromatic N) is 1. The highest BCUT2D eigenvalue weighted by Gasteiger charge is 2.29. The largest absolute Gasteiger partial charge is 0.338 e. The third-order valence-electron chi connectivity index (χ3n) is 2.59. The molecule has 0 bridgehead atoms. The molecule has 0 heterocycles. The average Bonchev–Trinajstić information content (AvgIpc) is 2.16. The molecule has 0 aromatic heterocycles. The second kappa shape index (κ2) is 4.48. The van der Waals surface area contributed by atoms with E-state index in [1.165, 1.54) is 7.05 Å². The van der Waals surface area contributed by atoms with Gasteiger partial charge < -0.3 is 4.90 Å². The Morgan fingerprint density at radius 2 is 1.93 bits per heavy atom. The summed E-state index contributed by atoms with van der Waals surface area (Å²) in [6.07, 6.45) is -1.14. The predicted molar refractivity (Wildman–Crippen MR) is 46.0 cm³/mol. The Morgan fingerprint density at radius 1 is 1.43 bits per heavy atom. The van der Waals surface area contributed by atoms with Crippen LogP contribution in [-0.2, 0) is 9.59 Å². The number of alkyl halides is 2. The summed E-state index contributed by atoms with van der Waals surface area (Å²) < 4.78 is 24.1. The number of ketones is 1. The van der Waals surface area contributed by atoms with Crippen LogP contribution in [0.2, 0.25) is 0 Å². The molecule has 1 aliphatic rings. The van der Waals surface area contributed by atoms with Crippen molar-refractivity contribution < 1.29 is 18.4 Å². The standard InChI is InChI=1S/C9H13F2NO2/c1-12(9(14)8(10)11)6-2-4-7(13)5-3-6/h6,8H,2-5H2,1H3. The Hall–Kier alpha value is -1.00. The smallest absolute Gasteiger partial charge is 0.315 e. The fourth-order valence-corrected chi connectivity index (χ4v) is 1.65. The van der Waals surface area contributed by atoms with Crippen LogP contribution < -0.4 is 0 Å². The van der Waals surface area contributed by atoms with E-state index < -0.39 is 12.3 Å². The zero-order valence-electron chi connectivity index (χ0n) is 8.00. The minimum absolute atomic E-state index is 0.152. The van der Waals surface area contributed by atoms with Crippen molar-refractivity contribution in [1.29, 1.82) is 0 Å². The number of Topliss-reactive ketones (excluding diaryl/α,β-unsaturated/α-hetero) is 1. The molecule has 0 saturated heterocycles. The summed E-state index contributed by atoms with van der Waals surface area (Å²) in [4.78, 5) is 22.9. The van der Waals surface area contributed by atoms with Crippen molar-refractivity contribution in [2.45, 2.75) is 38.2 Å². The van der Waals surface area contributed by atoms with E-state index in [-0.39, 0.29) is 11.8 Å². The zero-order valence-corrected chi connectivity index (χ0v) is 8.00. The SMILES string of the molecule is CN(C(=O)C(F)F)C1CCC(=O)CC1. The summed E-state index contributed by atoms with van der Waals surface area (Å²) in [5, 5.41) is 0. The van der Waals surface area contributed by atoms with E-state index in [0.717, 1.165) is 4.90 Å². The molecule has 1 rings (SSSR count). The van der Waals surface area contributed by atoms with Gasteiger partial charge in [0, 0.05) is 25.9 Å². The van der Waals surface area contributed by atoms with Crippen molar-refractivity contribution in [3.8, 4) is 0 Å². The number of hydrogen-bond acceptors (Lipinski definition) is 2. The fraction of sp³-hybridized carbons (Fsp3) is 0.778. The Kier molecular flexibility index (Phi) is 3.55. The Morgan fingerprint density at radius 3 is 2.36 bits per heavy atom. The first-order valence-corrected chi connectivity index (χ1v) is 4.59. The van der Waals surface area contributed by atoms with E-state index in [4.69, 9.17) is 0 Å². The number of carbonyl (C=O) groups excluding carboxylic acids is 2. The molecule has 14 heavy (non-hydrogen) atoms. The van der Waals surface area contributed by atoms with Crippen molar-refractivity contribution in [2.75, 3.05) is 7.05 Å². The second-order valence-electron chi connectivity index (χ2n) is 3.52. The van der Waals surface area contributed by atoms with E-state index in [1.807, 2.05) is 0 Å². The van der Waals surface area contributed by atoms with Crippen LogP contribution in [0.1, 0.15) is 25.7 Å². The molecule has 0 aliphatic heterocycles. The normalized spacial score (nSPS) is 18.7. The quantitative estimate of drug-likeness (QED) is 0.679. The van der Waals surface area contributed by atoms with Gasteiger partial charge in [0.2, 0.25) is 0 Å². The first kappa shape index (κ1) is 11.1. The lowest BCUT2D eigenvalue weighted by molar-refractivity contribution is -0.145. The molecular formula is C9H13F2NO2. The van der Waals surface area contributed by atoms with Crippen LogP contribution in [0.15, 0.2) is 0 Å². The van der Waals surface area contributed by atoms with E-state index in [9.17, 15) is 18.4 Å². The lowest BCUT2D eigenvalue weighted by atomic mass is 9.93. The molecule has 1 fully saturated rings. The highest BCUT2D eigenvalue weighted by atomic mass is 19.3. The molecule has 1 aliphatic carbocycles. The molecule has 0 unspecified atom stereocenters. The van der Waals surface area contributed by atoms with Crippen molar-refractivity contribution in [3.05, 3.63) is 0 Å². The van der Waals surface area contributed by atoms with Gasteiger partial charge in [0.1, 0.15) is 5.78 Å². The minimum Gasteiger partial charge on any atom is -0.338 e. The summed E-state index contributed by atoms with van der Waals surface area (Å²) in [7, 11) is 1.37. The first-order valence-electron chi connectivity index (χ1n) is 4.59. The van der Waals surface area contributed by atoms with Crippen LogP contribution in [0, 0.1) is 0 Å². The number of amides is 1. The molecule has 5 heteroatoms. The number of halogens is 2.